The molecule has 1 atom stereocenters. The average molecular weight is 303 g/mol. The van der Waals surface area contributed by atoms with Crippen LogP contribution in [0.15, 0.2) is 22.7 Å². The van der Waals surface area contributed by atoms with Crippen LogP contribution in [0.3, 0.4) is 0 Å². The number of rotatable bonds is 6. The smallest absolute Gasteiger partial charge is 0.292 e. The van der Waals surface area contributed by atoms with Crippen molar-refractivity contribution >= 4 is 27.3 Å². The van der Waals surface area contributed by atoms with Crippen molar-refractivity contribution in [3.63, 3.8) is 0 Å². The van der Waals surface area contributed by atoms with Crippen molar-refractivity contribution in [2.45, 2.75) is 20.0 Å². The Hall–Kier alpha value is -1.14. The second-order valence-electron chi connectivity index (χ2n) is 3.57. The van der Waals surface area contributed by atoms with Crippen LogP contribution in [0.1, 0.15) is 13.8 Å². The number of nitro benzene ring substituents is 1. The third-order valence-corrected chi connectivity index (χ3v) is 2.68. The fourth-order valence-corrected chi connectivity index (χ4v) is 1.77. The minimum Gasteiger partial charge on any atom is -0.377 e. The van der Waals surface area contributed by atoms with Crippen LogP contribution >= 0.6 is 15.9 Å². The lowest BCUT2D eigenvalue weighted by atomic mass is 10.2. The summed E-state index contributed by atoms with van der Waals surface area (Å²) in [6, 6.07) is 4.81. The van der Waals surface area contributed by atoms with E-state index in [0.717, 1.165) is 4.47 Å². The molecule has 0 spiro atoms. The molecule has 0 aliphatic rings. The van der Waals surface area contributed by atoms with Crippen molar-refractivity contribution < 1.29 is 9.66 Å². The fraction of sp³-hybridized carbons (Fsp3) is 0.455. The molecule has 5 nitrogen and oxygen atoms in total. The summed E-state index contributed by atoms with van der Waals surface area (Å²) >= 11 is 3.29. The molecule has 17 heavy (non-hydrogen) atoms. The largest absolute Gasteiger partial charge is 0.377 e. The standard InChI is InChI=1S/C11H15BrN2O3/c1-3-17-8(2)7-13-10-6-9(12)4-5-11(10)14(15)16/h4-6,8,13H,3,7H2,1-2H3. The van der Waals surface area contributed by atoms with Crippen LogP contribution in [-0.2, 0) is 4.74 Å². The number of benzene rings is 1. The fourth-order valence-electron chi connectivity index (χ4n) is 1.41. The molecule has 0 radical (unpaired) electrons. The normalized spacial score (nSPS) is 12.2. The maximum Gasteiger partial charge on any atom is 0.292 e. The van der Waals surface area contributed by atoms with Crippen LogP contribution < -0.4 is 5.32 Å². The number of anilines is 1. The summed E-state index contributed by atoms with van der Waals surface area (Å²) in [5.74, 6) is 0. The Morgan fingerprint density at radius 1 is 1.59 bits per heavy atom. The second kappa shape index (κ2) is 6.56. The van der Waals surface area contributed by atoms with Crippen molar-refractivity contribution in [1.29, 1.82) is 0 Å². The summed E-state index contributed by atoms with van der Waals surface area (Å²) in [6.45, 7) is 4.99. The second-order valence-corrected chi connectivity index (χ2v) is 4.48. The molecule has 0 fully saturated rings. The Bertz CT molecular complexity index is 398. The summed E-state index contributed by atoms with van der Waals surface area (Å²) in [5, 5.41) is 13.8. The van der Waals surface area contributed by atoms with Crippen LogP contribution in [0.4, 0.5) is 11.4 Å². The first kappa shape index (κ1) is 13.9. The molecule has 1 N–H and O–H groups in total. The quantitative estimate of drug-likeness (QED) is 0.647. The summed E-state index contributed by atoms with van der Waals surface area (Å²) in [6.07, 6.45) is 0.0126. The van der Waals surface area contributed by atoms with Crippen molar-refractivity contribution in [2.75, 3.05) is 18.5 Å². The molecular weight excluding hydrogens is 288 g/mol. The number of nitrogens with zero attached hydrogens (tertiary/aromatic N) is 1. The Labute approximate surface area is 108 Å². The van der Waals surface area contributed by atoms with Gasteiger partial charge in [-0.1, -0.05) is 15.9 Å². The molecular formula is C11H15BrN2O3. The van der Waals surface area contributed by atoms with E-state index in [-0.39, 0.29) is 11.8 Å². The monoisotopic (exact) mass is 302 g/mol. The van der Waals surface area contributed by atoms with E-state index in [0.29, 0.717) is 18.8 Å². The first-order valence-electron chi connectivity index (χ1n) is 5.34. The highest BCUT2D eigenvalue weighted by atomic mass is 79.9. The number of hydrogen-bond donors (Lipinski definition) is 1. The van der Waals surface area contributed by atoms with Crippen molar-refractivity contribution in [1.82, 2.24) is 0 Å². The Morgan fingerprint density at radius 3 is 2.88 bits per heavy atom. The Balaban J connectivity index is 2.75. The van der Waals surface area contributed by atoms with Gasteiger partial charge in [0.05, 0.1) is 11.0 Å². The molecule has 0 bridgehead atoms. The zero-order valence-electron chi connectivity index (χ0n) is 9.77. The van der Waals surface area contributed by atoms with Gasteiger partial charge in [0.2, 0.25) is 0 Å². The zero-order chi connectivity index (χ0) is 12.8. The first-order chi connectivity index (χ1) is 8.04. The maximum atomic E-state index is 10.8. The van der Waals surface area contributed by atoms with Gasteiger partial charge in [-0.3, -0.25) is 10.1 Å². The third-order valence-electron chi connectivity index (χ3n) is 2.19. The van der Waals surface area contributed by atoms with Crippen molar-refractivity contribution in [2.24, 2.45) is 0 Å². The summed E-state index contributed by atoms with van der Waals surface area (Å²) in [7, 11) is 0. The minimum absolute atomic E-state index is 0.0126. The van der Waals surface area contributed by atoms with E-state index in [1.807, 2.05) is 13.8 Å². The molecule has 1 rings (SSSR count). The van der Waals surface area contributed by atoms with Gasteiger partial charge < -0.3 is 10.1 Å². The lowest BCUT2D eigenvalue weighted by Gasteiger charge is -2.13. The van der Waals surface area contributed by atoms with Gasteiger partial charge in [0, 0.05) is 23.7 Å². The molecule has 0 aromatic heterocycles. The van der Waals surface area contributed by atoms with E-state index in [9.17, 15) is 10.1 Å². The minimum atomic E-state index is -0.403. The van der Waals surface area contributed by atoms with Crippen LogP contribution in [-0.4, -0.2) is 24.2 Å². The molecule has 0 saturated heterocycles. The molecule has 1 aromatic rings. The predicted molar refractivity (Wildman–Crippen MR) is 70.4 cm³/mol. The molecule has 1 aromatic carbocycles. The highest BCUT2D eigenvalue weighted by Gasteiger charge is 2.14. The number of ether oxygens (including phenoxy) is 1. The predicted octanol–water partition coefficient (Wildman–Crippen LogP) is 3.19. The lowest BCUT2D eigenvalue weighted by Crippen LogP contribution is -2.20. The van der Waals surface area contributed by atoms with E-state index in [1.165, 1.54) is 6.07 Å². The number of nitro groups is 1. The Kier molecular flexibility index (Phi) is 5.37. The van der Waals surface area contributed by atoms with Gasteiger partial charge in [-0.15, -0.1) is 0 Å². The van der Waals surface area contributed by atoms with Crippen LogP contribution in [0, 0.1) is 10.1 Å². The lowest BCUT2D eigenvalue weighted by molar-refractivity contribution is -0.384. The third kappa shape index (κ3) is 4.32. The Morgan fingerprint density at radius 2 is 2.29 bits per heavy atom. The molecule has 6 heteroatoms. The van der Waals surface area contributed by atoms with E-state index in [4.69, 9.17) is 4.74 Å². The van der Waals surface area contributed by atoms with E-state index < -0.39 is 4.92 Å². The van der Waals surface area contributed by atoms with Gasteiger partial charge in [0.1, 0.15) is 5.69 Å². The van der Waals surface area contributed by atoms with Gasteiger partial charge in [-0.25, -0.2) is 0 Å². The molecule has 0 aliphatic heterocycles. The van der Waals surface area contributed by atoms with Crippen molar-refractivity contribution in [3.05, 3.63) is 32.8 Å². The number of halogens is 1. The van der Waals surface area contributed by atoms with Crippen LogP contribution in [0.5, 0.6) is 0 Å². The summed E-state index contributed by atoms with van der Waals surface area (Å²) in [5.41, 5.74) is 0.563. The molecule has 1 unspecified atom stereocenters. The highest BCUT2D eigenvalue weighted by Crippen LogP contribution is 2.27. The van der Waals surface area contributed by atoms with Gasteiger partial charge in [0.25, 0.3) is 5.69 Å². The average Bonchev–Trinajstić information content (AvgIpc) is 2.26. The summed E-state index contributed by atoms with van der Waals surface area (Å²) < 4.78 is 6.15. The van der Waals surface area contributed by atoms with Crippen LogP contribution in [0.25, 0.3) is 0 Å². The number of hydrogen-bond acceptors (Lipinski definition) is 4. The maximum absolute atomic E-state index is 10.8. The SMILES string of the molecule is CCOC(C)CNc1cc(Br)ccc1[N+](=O)[O-]. The van der Waals surface area contributed by atoms with Crippen molar-refractivity contribution in [3.8, 4) is 0 Å². The van der Waals surface area contributed by atoms with Gasteiger partial charge >= 0.3 is 0 Å². The van der Waals surface area contributed by atoms with Gasteiger partial charge in [-0.2, -0.15) is 0 Å². The van der Waals surface area contributed by atoms with E-state index >= 15 is 0 Å². The first-order valence-corrected chi connectivity index (χ1v) is 6.13. The van der Waals surface area contributed by atoms with Crippen LogP contribution in [0.2, 0.25) is 0 Å². The zero-order valence-corrected chi connectivity index (χ0v) is 11.4. The van der Waals surface area contributed by atoms with Gasteiger partial charge in [0.15, 0.2) is 0 Å². The summed E-state index contributed by atoms with van der Waals surface area (Å²) in [4.78, 5) is 10.4. The van der Waals surface area contributed by atoms with E-state index in [1.54, 1.807) is 12.1 Å². The molecule has 0 saturated carbocycles. The van der Waals surface area contributed by atoms with Gasteiger partial charge in [-0.05, 0) is 26.0 Å². The molecule has 0 heterocycles. The highest BCUT2D eigenvalue weighted by molar-refractivity contribution is 9.10. The topological polar surface area (TPSA) is 64.4 Å². The molecule has 0 amide bonds. The molecule has 0 aliphatic carbocycles. The van der Waals surface area contributed by atoms with E-state index in [2.05, 4.69) is 21.2 Å². The molecule has 94 valence electrons. The number of nitrogens with one attached hydrogen (secondary N) is 1.